The van der Waals surface area contributed by atoms with Crippen LogP contribution in [0.15, 0.2) is 59.4 Å². The lowest BCUT2D eigenvalue weighted by molar-refractivity contribution is -0.141. The van der Waals surface area contributed by atoms with Crippen LogP contribution in [0.4, 0.5) is 11.5 Å². The fourth-order valence-corrected chi connectivity index (χ4v) is 4.74. The average molecular weight is 424 g/mol. The van der Waals surface area contributed by atoms with Gasteiger partial charge in [-0.2, -0.15) is 0 Å². The van der Waals surface area contributed by atoms with E-state index in [2.05, 4.69) is 0 Å². The Bertz CT molecular complexity index is 1130. The number of esters is 1. The molecular formula is C22H20N2O5S. The quantitative estimate of drug-likeness (QED) is 0.588. The lowest BCUT2D eigenvalue weighted by Gasteiger charge is -2.32. The fourth-order valence-electron chi connectivity index (χ4n) is 3.63. The van der Waals surface area contributed by atoms with Crippen molar-refractivity contribution in [3.63, 3.8) is 0 Å². The molecule has 1 atom stereocenters. The van der Waals surface area contributed by atoms with Crippen molar-refractivity contribution in [3.8, 4) is 5.75 Å². The van der Waals surface area contributed by atoms with Gasteiger partial charge in [-0.3, -0.25) is 23.9 Å². The third-order valence-electron chi connectivity index (χ3n) is 5.10. The van der Waals surface area contributed by atoms with Crippen molar-refractivity contribution in [3.05, 3.63) is 74.7 Å². The average Bonchev–Trinajstić information content (AvgIpc) is 3.09. The van der Waals surface area contributed by atoms with E-state index in [1.165, 1.54) is 16.6 Å². The van der Waals surface area contributed by atoms with Crippen LogP contribution in [0.1, 0.15) is 22.8 Å². The predicted molar refractivity (Wildman–Crippen MR) is 114 cm³/mol. The number of hydrogen-bond donors (Lipinski definition) is 0. The monoisotopic (exact) mass is 424 g/mol. The number of thiazole rings is 1. The van der Waals surface area contributed by atoms with Crippen LogP contribution in [0.5, 0.6) is 5.75 Å². The summed E-state index contributed by atoms with van der Waals surface area (Å²) in [6, 6.07) is 16.6. The van der Waals surface area contributed by atoms with E-state index in [-0.39, 0.29) is 29.7 Å². The van der Waals surface area contributed by atoms with Gasteiger partial charge in [0.1, 0.15) is 18.1 Å². The summed E-state index contributed by atoms with van der Waals surface area (Å²) in [6.07, 6.45) is 0.223. The topological polar surface area (TPSA) is 77.8 Å². The molecular weight excluding hydrogens is 404 g/mol. The Balaban J connectivity index is 1.90. The maximum absolute atomic E-state index is 13.3. The number of carbonyl (C=O) groups is 2. The number of amides is 1. The van der Waals surface area contributed by atoms with Crippen molar-refractivity contribution in [2.24, 2.45) is 0 Å². The Morgan fingerprint density at radius 3 is 2.40 bits per heavy atom. The summed E-state index contributed by atoms with van der Waals surface area (Å²) in [5.74, 6) is 0.118. The predicted octanol–water partition coefficient (Wildman–Crippen LogP) is 3.29. The van der Waals surface area contributed by atoms with Crippen molar-refractivity contribution in [1.82, 2.24) is 4.57 Å². The maximum Gasteiger partial charge on any atom is 0.325 e. The standard InChI is InChI=1S/C22H20N2O5S/c1-28-16-10-8-15(9-11-16)24-18(25)12-17(14-6-4-3-5-7-14)20-21(24)23(22(27)30-20)13-19(26)29-2/h3-11,17H,12-13H2,1-2H3/t17-/m0/s1. The first-order valence-electron chi connectivity index (χ1n) is 9.35. The molecule has 0 saturated heterocycles. The molecule has 0 saturated carbocycles. The van der Waals surface area contributed by atoms with Gasteiger partial charge in [-0.1, -0.05) is 41.7 Å². The van der Waals surface area contributed by atoms with Crippen LogP contribution in [-0.2, 0) is 20.9 Å². The van der Waals surface area contributed by atoms with Crippen molar-refractivity contribution in [1.29, 1.82) is 0 Å². The van der Waals surface area contributed by atoms with E-state index >= 15 is 0 Å². The Hall–Kier alpha value is -3.39. The first-order chi connectivity index (χ1) is 14.5. The Morgan fingerprint density at radius 1 is 1.07 bits per heavy atom. The third kappa shape index (κ3) is 3.50. The molecule has 7 nitrogen and oxygen atoms in total. The van der Waals surface area contributed by atoms with Crippen molar-refractivity contribution in [2.75, 3.05) is 19.1 Å². The number of carbonyl (C=O) groups excluding carboxylic acids is 2. The largest absolute Gasteiger partial charge is 0.497 e. The zero-order chi connectivity index (χ0) is 21.3. The molecule has 1 aromatic heterocycles. The van der Waals surface area contributed by atoms with Crippen LogP contribution in [0, 0.1) is 0 Å². The molecule has 1 aliphatic rings. The first kappa shape index (κ1) is 19.9. The molecule has 0 unspecified atom stereocenters. The first-order valence-corrected chi connectivity index (χ1v) is 10.2. The van der Waals surface area contributed by atoms with Crippen LogP contribution < -0.4 is 14.5 Å². The van der Waals surface area contributed by atoms with E-state index in [0.29, 0.717) is 17.3 Å². The summed E-state index contributed by atoms with van der Waals surface area (Å²) < 4.78 is 11.3. The van der Waals surface area contributed by atoms with Crippen LogP contribution in [0.2, 0.25) is 0 Å². The van der Waals surface area contributed by atoms with Crippen molar-refractivity contribution >= 4 is 34.7 Å². The zero-order valence-corrected chi connectivity index (χ0v) is 17.3. The molecule has 0 fully saturated rings. The molecule has 8 heteroatoms. The Labute approximate surface area is 177 Å². The van der Waals surface area contributed by atoms with Gasteiger partial charge >= 0.3 is 10.8 Å². The van der Waals surface area contributed by atoms with Crippen molar-refractivity contribution < 1.29 is 19.1 Å². The molecule has 1 amide bonds. The molecule has 0 bridgehead atoms. The van der Waals surface area contributed by atoms with Crippen LogP contribution in [-0.4, -0.2) is 30.7 Å². The molecule has 3 aromatic rings. The molecule has 1 aliphatic heterocycles. The minimum absolute atomic E-state index is 0.155. The number of nitrogens with zero attached hydrogens (tertiary/aromatic N) is 2. The summed E-state index contributed by atoms with van der Waals surface area (Å²) >= 11 is 1.06. The van der Waals surface area contributed by atoms with Gasteiger partial charge in [0.25, 0.3) is 0 Å². The van der Waals surface area contributed by atoms with Crippen LogP contribution in [0.3, 0.4) is 0 Å². The molecule has 0 radical (unpaired) electrons. The second-order valence-corrected chi connectivity index (χ2v) is 7.81. The third-order valence-corrected chi connectivity index (χ3v) is 6.18. The molecule has 0 aliphatic carbocycles. The molecule has 154 valence electrons. The molecule has 2 heterocycles. The van der Waals surface area contributed by atoms with E-state index in [0.717, 1.165) is 21.8 Å². The number of ether oxygens (including phenoxy) is 2. The molecule has 0 N–H and O–H groups in total. The van der Waals surface area contributed by atoms with Crippen LogP contribution in [0.25, 0.3) is 0 Å². The summed E-state index contributed by atoms with van der Waals surface area (Å²) in [5, 5.41) is 0. The Kier molecular flexibility index (Phi) is 5.41. The Morgan fingerprint density at radius 2 is 1.77 bits per heavy atom. The fraction of sp³-hybridized carbons (Fsp3) is 0.227. The number of rotatable bonds is 5. The summed E-state index contributed by atoms with van der Waals surface area (Å²) in [6.45, 7) is -0.261. The van der Waals surface area contributed by atoms with Gasteiger partial charge in [-0.25, -0.2) is 0 Å². The number of anilines is 2. The number of fused-ring (bicyclic) bond motifs is 1. The number of methoxy groups -OCH3 is 2. The second-order valence-electron chi connectivity index (χ2n) is 6.81. The van der Waals surface area contributed by atoms with Gasteiger partial charge in [-0.15, -0.1) is 0 Å². The molecule has 0 spiro atoms. The van der Waals surface area contributed by atoms with Gasteiger partial charge in [-0.05, 0) is 29.8 Å². The van der Waals surface area contributed by atoms with Gasteiger partial charge in [0.15, 0.2) is 0 Å². The van der Waals surface area contributed by atoms with E-state index < -0.39 is 5.97 Å². The number of aromatic nitrogens is 1. The second kappa shape index (κ2) is 8.16. The summed E-state index contributed by atoms with van der Waals surface area (Å²) in [7, 11) is 2.84. The zero-order valence-electron chi connectivity index (χ0n) is 16.5. The van der Waals surface area contributed by atoms with E-state index in [4.69, 9.17) is 9.47 Å². The van der Waals surface area contributed by atoms with E-state index in [9.17, 15) is 14.4 Å². The number of hydrogen-bond acceptors (Lipinski definition) is 6. The lowest BCUT2D eigenvalue weighted by Crippen LogP contribution is -2.36. The highest BCUT2D eigenvalue weighted by Crippen LogP contribution is 2.44. The summed E-state index contributed by atoms with van der Waals surface area (Å²) in [4.78, 5) is 40.1. The van der Waals surface area contributed by atoms with E-state index in [1.807, 2.05) is 30.3 Å². The minimum atomic E-state index is -0.554. The van der Waals surface area contributed by atoms with Crippen molar-refractivity contribution in [2.45, 2.75) is 18.9 Å². The SMILES string of the molecule is COC(=O)Cn1c2c(sc1=O)[C@H](c1ccccc1)CC(=O)N2c1ccc(OC)cc1. The maximum atomic E-state index is 13.3. The van der Waals surface area contributed by atoms with Gasteiger partial charge < -0.3 is 9.47 Å². The van der Waals surface area contributed by atoms with Crippen LogP contribution >= 0.6 is 11.3 Å². The summed E-state index contributed by atoms with van der Waals surface area (Å²) in [5.41, 5.74) is 1.55. The van der Waals surface area contributed by atoms with Gasteiger partial charge in [0.05, 0.1) is 24.8 Å². The minimum Gasteiger partial charge on any atom is -0.497 e. The smallest absolute Gasteiger partial charge is 0.325 e. The molecule has 2 aromatic carbocycles. The molecule has 30 heavy (non-hydrogen) atoms. The number of benzene rings is 2. The highest BCUT2D eigenvalue weighted by molar-refractivity contribution is 7.10. The molecule has 4 rings (SSSR count). The highest BCUT2D eigenvalue weighted by Gasteiger charge is 2.38. The van der Waals surface area contributed by atoms with E-state index in [1.54, 1.807) is 31.4 Å². The highest BCUT2D eigenvalue weighted by atomic mass is 32.1. The van der Waals surface area contributed by atoms with Gasteiger partial charge in [0.2, 0.25) is 5.91 Å². The normalized spacial score (nSPS) is 15.6. The van der Waals surface area contributed by atoms with Gasteiger partial charge in [0, 0.05) is 12.3 Å². The lowest BCUT2D eigenvalue weighted by atomic mass is 9.90.